The number of aromatic carboxylic acids is 1. The van der Waals surface area contributed by atoms with E-state index < -0.39 is 11.9 Å². The first kappa shape index (κ1) is 19.8. The maximum atomic E-state index is 12.8. The summed E-state index contributed by atoms with van der Waals surface area (Å²) >= 11 is 0. The summed E-state index contributed by atoms with van der Waals surface area (Å²) in [7, 11) is 0. The Morgan fingerprint density at radius 3 is 2.23 bits per heavy atom. The van der Waals surface area contributed by atoms with Crippen molar-refractivity contribution in [1.29, 1.82) is 0 Å². The van der Waals surface area contributed by atoms with E-state index in [9.17, 15) is 14.7 Å². The van der Waals surface area contributed by atoms with Crippen LogP contribution in [0.4, 0.5) is 5.69 Å². The van der Waals surface area contributed by atoms with Crippen LogP contribution in [-0.2, 0) is 0 Å². The van der Waals surface area contributed by atoms with Crippen molar-refractivity contribution in [2.24, 2.45) is 0 Å². The van der Waals surface area contributed by atoms with Crippen LogP contribution in [0.2, 0.25) is 0 Å². The predicted octanol–water partition coefficient (Wildman–Crippen LogP) is 4.89. The molecule has 7 heteroatoms. The lowest BCUT2D eigenvalue weighted by atomic mass is 10.1. The number of ether oxygens (including phenoxy) is 1. The first-order chi connectivity index (χ1) is 15.1. The first-order valence-corrected chi connectivity index (χ1v) is 9.39. The van der Waals surface area contributed by atoms with Gasteiger partial charge in [0.05, 0.1) is 16.9 Å². The van der Waals surface area contributed by atoms with Gasteiger partial charge in [-0.2, -0.15) is 0 Å². The summed E-state index contributed by atoms with van der Waals surface area (Å²) in [4.78, 5) is 32.7. The Morgan fingerprint density at radius 2 is 1.52 bits per heavy atom. The van der Waals surface area contributed by atoms with Crippen LogP contribution in [0.1, 0.15) is 20.8 Å². The van der Waals surface area contributed by atoms with Gasteiger partial charge < -0.3 is 15.2 Å². The number of carbonyl (C=O) groups excluding carboxylic acids is 1. The van der Waals surface area contributed by atoms with E-state index >= 15 is 0 Å². The highest BCUT2D eigenvalue weighted by Gasteiger charge is 2.17. The molecule has 4 aromatic rings. The van der Waals surface area contributed by atoms with Crippen molar-refractivity contribution in [3.8, 4) is 22.8 Å². The molecule has 1 aromatic heterocycles. The average Bonchev–Trinajstić information content (AvgIpc) is 2.80. The second-order valence-electron chi connectivity index (χ2n) is 6.54. The van der Waals surface area contributed by atoms with Crippen LogP contribution in [-0.4, -0.2) is 27.0 Å². The van der Waals surface area contributed by atoms with Gasteiger partial charge in [-0.15, -0.1) is 0 Å². The molecule has 3 aromatic carbocycles. The summed E-state index contributed by atoms with van der Waals surface area (Å²) in [5.41, 5.74) is 1.57. The van der Waals surface area contributed by atoms with Crippen molar-refractivity contribution in [2.75, 3.05) is 5.32 Å². The topological polar surface area (TPSA) is 101 Å². The van der Waals surface area contributed by atoms with Crippen molar-refractivity contribution in [1.82, 2.24) is 9.97 Å². The van der Waals surface area contributed by atoms with Crippen LogP contribution in [0.25, 0.3) is 11.3 Å². The second-order valence-corrected chi connectivity index (χ2v) is 6.54. The molecule has 0 atom stereocenters. The SMILES string of the molecule is O=C(Nc1cc(Oc2ccccc2)ccc1C(=O)O)c1cc(-c2ccccc2)ncn1. The molecule has 4 rings (SSSR count). The highest BCUT2D eigenvalue weighted by atomic mass is 16.5. The zero-order chi connectivity index (χ0) is 21.6. The smallest absolute Gasteiger partial charge is 0.337 e. The number of rotatable bonds is 6. The van der Waals surface area contributed by atoms with Gasteiger partial charge in [-0.25, -0.2) is 14.8 Å². The number of nitrogens with zero attached hydrogens (tertiary/aromatic N) is 2. The Hall–Kier alpha value is -4.52. The van der Waals surface area contributed by atoms with Crippen LogP contribution < -0.4 is 10.1 Å². The van der Waals surface area contributed by atoms with E-state index in [1.165, 1.54) is 24.5 Å². The number of amides is 1. The number of carbonyl (C=O) groups is 2. The molecule has 0 saturated heterocycles. The number of aromatic nitrogens is 2. The van der Waals surface area contributed by atoms with Gasteiger partial charge in [0.15, 0.2) is 0 Å². The summed E-state index contributed by atoms with van der Waals surface area (Å²) in [6.45, 7) is 0. The van der Waals surface area contributed by atoms with Gasteiger partial charge in [0.1, 0.15) is 23.5 Å². The molecule has 0 aliphatic heterocycles. The summed E-state index contributed by atoms with van der Waals surface area (Å²) in [5.74, 6) is -0.751. The number of carboxylic acids is 1. The Bertz CT molecular complexity index is 1230. The molecule has 2 N–H and O–H groups in total. The molecule has 0 radical (unpaired) electrons. The number of hydrogen-bond donors (Lipinski definition) is 2. The molecular formula is C24H17N3O4. The Kier molecular flexibility index (Phi) is 5.66. The number of benzene rings is 3. The Morgan fingerprint density at radius 1 is 0.806 bits per heavy atom. The predicted molar refractivity (Wildman–Crippen MR) is 115 cm³/mol. The number of nitrogens with one attached hydrogen (secondary N) is 1. The van der Waals surface area contributed by atoms with Crippen molar-refractivity contribution in [2.45, 2.75) is 0 Å². The third kappa shape index (κ3) is 4.73. The van der Waals surface area contributed by atoms with E-state index in [-0.39, 0.29) is 16.9 Å². The third-order valence-corrected chi connectivity index (χ3v) is 4.42. The third-order valence-electron chi connectivity index (χ3n) is 4.42. The molecule has 1 heterocycles. The molecule has 152 valence electrons. The van der Waals surface area contributed by atoms with Gasteiger partial charge in [-0.05, 0) is 30.3 Å². The molecule has 0 aliphatic carbocycles. The molecule has 0 aliphatic rings. The van der Waals surface area contributed by atoms with Gasteiger partial charge in [0, 0.05) is 11.6 Å². The molecule has 1 amide bonds. The number of para-hydroxylation sites is 1. The van der Waals surface area contributed by atoms with E-state index in [4.69, 9.17) is 4.74 Å². The highest BCUT2D eigenvalue weighted by Crippen LogP contribution is 2.27. The Labute approximate surface area is 178 Å². The number of anilines is 1. The lowest BCUT2D eigenvalue weighted by molar-refractivity contribution is 0.0698. The zero-order valence-corrected chi connectivity index (χ0v) is 16.2. The van der Waals surface area contributed by atoms with E-state index in [1.54, 1.807) is 18.2 Å². The second kappa shape index (κ2) is 8.87. The molecule has 31 heavy (non-hydrogen) atoms. The molecular weight excluding hydrogens is 394 g/mol. The zero-order valence-electron chi connectivity index (χ0n) is 16.2. The maximum Gasteiger partial charge on any atom is 0.337 e. The van der Waals surface area contributed by atoms with Gasteiger partial charge in [-0.3, -0.25) is 4.79 Å². The van der Waals surface area contributed by atoms with E-state index in [2.05, 4.69) is 15.3 Å². The summed E-state index contributed by atoms with van der Waals surface area (Å²) < 4.78 is 5.75. The normalized spacial score (nSPS) is 10.3. The van der Waals surface area contributed by atoms with Gasteiger partial charge >= 0.3 is 5.97 Å². The average molecular weight is 411 g/mol. The van der Waals surface area contributed by atoms with E-state index in [0.29, 0.717) is 17.2 Å². The van der Waals surface area contributed by atoms with Gasteiger partial charge in [0.25, 0.3) is 5.91 Å². The molecule has 0 bridgehead atoms. The summed E-state index contributed by atoms with van der Waals surface area (Å²) in [6, 6.07) is 24.3. The lowest BCUT2D eigenvalue weighted by Crippen LogP contribution is -2.16. The summed E-state index contributed by atoms with van der Waals surface area (Å²) in [5, 5.41) is 12.1. The van der Waals surface area contributed by atoms with Crippen LogP contribution in [0, 0.1) is 0 Å². The van der Waals surface area contributed by atoms with Gasteiger partial charge in [0.2, 0.25) is 0 Å². The van der Waals surface area contributed by atoms with Crippen LogP contribution >= 0.6 is 0 Å². The molecule has 0 saturated carbocycles. The van der Waals surface area contributed by atoms with E-state index in [1.807, 2.05) is 48.5 Å². The summed E-state index contributed by atoms with van der Waals surface area (Å²) in [6.07, 6.45) is 1.30. The van der Waals surface area contributed by atoms with E-state index in [0.717, 1.165) is 5.56 Å². The molecule has 0 fully saturated rings. The Balaban J connectivity index is 1.61. The van der Waals surface area contributed by atoms with Crippen LogP contribution in [0.3, 0.4) is 0 Å². The minimum absolute atomic E-state index is 0.0638. The molecule has 7 nitrogen and oxygen atoms in total. The largest absolute Gasteiger partial charge is 0.478 e. The first-order valence-electron chi connectivity index (χ1n) is 9.39. The number of hydrogen-bond acceptors (Lipinski definition) is 5. The fraction of sp³-hybridized carbons (Fsp3) is 0. The molecule has 0 spiro atoms. The number of carboxylic acid groups (broad SMARTS) is 1. The fourth-order valence-corrected chi connectivity index (χ4v) is 2.94. The van der Waals surface area contributed by atoms with Crippen molar-refractivity contribution < 1.29 is 19.4 Å². The van der Waals surface area contributed by atoms with Crippen molar-refractivity contribution in [3.05, 3.63) is 103 Å². The standard InChI is InChI=1S/C24H17N3O4/c28-23(22-14-20(25-15-26-22)16-7-3-1-4-8-16)27-21-13-18(11-12-19(21)24(29)30)31-17-9-5-2-6-10-17/h1-15H,(H,27,28)(H,29,30). The minimum Gasteiger partial charge on any atom is -0.478 e. The quantitative estimate of drug-likeness (QED) is 0.469. The fourth-order valence-electron chi connectivity index (χ4n) is 2.94. The lowest BCUT2D eigenvalue weighted by Gasteiger charge is -2.12. The maximum absolute atomic E-state index is 12.8. The monoisotopic (exact) mass is 411 g/mol. The van der Waals surface area contributed by atoms with Gasteiger partial charge in [-0.1, -0.05) is 48.5 Å². The van der Waals surface area contributed by atoms with Crippen molar-refractivity contribution in [3.63, 3.8) is 0 Å². The van der Waals surface area contributed by atoms with Crippen LogP contribution in [0.5, 0.6) is 11.5 Å². The molecule has 0 unspecified atom stereocenters. The van der Waals surface area contributed by atoms with Crippen molar-refractivity contribution >= 4 is 17.6 Å². The minimum atomic E-state index is -1.17. The highest BCUT2D eigenvalue weighted by molar-refractivity contribution is 6.07. The van der Waals surface area contributed by atoms with Crippen LogP contribution in [0.15, 0.2) is 91.3 Å².